The number of rotatable bonds is 11. The fraction of sp³-hybridized carbons (Fsp3) is 0.414. The van der Waals surface area contributed by atoms with Crippen LogP contribution in [0.4, 0.5) is 0 Å². The highest BCUT2D eigenvalue weighted by Gasteiger charge is 2.35. The second-order valence-electron chi connectivity index (χ2n) is 10.3. The highest BCUT2D eigenvalue weighted by atomic mass is 32.1. The molecule has 0 unspecified atom stereocenters. The van der Waals surface area contributed by atoms with Crippen LogP contribution in [0, 0.1) is 0 Å². The van der Waals surface area contributed by atoms with E-state index in [1.54, 1.807) is 16.0 Å². The van der Waals surface area contributed by atoms with Gasteiger partial charge in [0.2, 0.25) is 0 Å². The highest BCUT2D eigenvalue weighted by molar-refractivity contribution is 7.09. The van der Waals surface area contributed by atoms with E-state index >= 15 is 0 Å². The Bertz CT molecular complexity index is 1330. The first-order valence-electron chi connectivity index (χ1n) is 13.5. The predicted molar refractivity (Wildman–Crippen MR) is 151 cm³/mol. The number of carboxylic acids is 1. The maximum atomic E-state index is 10.8. The number of thiazole rings is 1. The predicted octanol–water partition coefficient (Wildman–Crippen LogP) is 4.74. The molecule has 0 spiro atoms. The topological polar surface area (TPSA) is 100 Å². The summed E-state index contributed by atoms with van der Waals surface area (Å²) >= 11 is 1.70. The highest BCUT2D eigenvalue weighted by Crippen LogP contribution is 2.35. The third kappa shape index (κ3) is 6.58. The standard InChI is InChI=1S/C29H35N7O2S/c1-21-19-35(22(2)18-34(21)20-23-8-4-3-5-9-23)27(29-30-15-17-39-29)24-11-13-25(14-12-24)28-31-32-33-36(28)16-7-6-10-26(37)38/h3-5,8-9,11-15,17,21-22,27H,6-7,10,16,18-20H2,1-2H3,(H,37,38)/t21-,22+,27+/m1/s1. The summed E-state index contributed by atoms with van der Waals surface area (Å²) in [5, 5.41) is 24.3. The number of nitrogens with zero attached hydrogens (tertiary/aromatic N) is 7. The Morgan fingerprint density at radius 1 is 1.05 bits per heavy atom. The van der Waals surface area contributed by atoms with E-state index in [0.29, 0.717) is 37.3 Å². The van der Waals surface area contributed by atoms with Gasteiger partial charge in [0, 0.05) is 61.8 Å². The number of tetrazole rings is 1. The lowest BCUT2D eigenvalue weighted by atomic mass is 9.98. The van der Waals surface area contributed by atoms with E-state index in [9.17, 15) is 4.79 Å². The molecule has 10 heteroatoms. The van der Waals surface area contributed by atoms with Gasteiger partial charge >= 0.3 is 5.97 Å². The van der Waals surface area contributed by atoms with Crippen LogP contribution in [0.1, 0.15) is 55.3 Å². The number of carbonyl (C=O) groups is 1. The van der Waals surface area contributed by atoms with Crippen molar-refractivity contribution in [1.82, 2.24) is 35.0 Å². The normalized spacial score (nSPS) is 19.2. The van der Waals surface area contributed by atoms with Crippen molar-refractivity contribution >= 4 is 17.3 Å². The minimum atomic E-state index is -0.779. The van der Waals surface area contributed by atoms with Crippen LogP contribution < -0.4 is 0 Å². The van der Waals surface area contributed by atoms with E-state index in [1.807, 2.05) is 6.20 Å². The van der Waals surface area contributed by atoms with Crippen LogP contribution in [-0.2, 0) is 17.9 Å². The molecule has 0 radical (unpaired) electrons. The molecule has 0 aliphatic carbocycles. The molecule has 1 saturated heterocycles. The molecule has 39 heavy (non-hydrogen) atoms. The van der Waals surface area contributed by atoms with Gasteiger partial charge in [-0.25, -0.2) is 9.67 Å². The number of piperazine rings is 1. The molecule has 1 fully saturated rings. The number of aryl methyl sites for hydroxylation is 1. The van der Waals surface area contributed by atoms with Crippen LogP contribution >= 0.6 is 11.3 Å². The molecule has 1 aliphatic heterocycles. The van der Waals surface area contributed by atoms with Gasteiger partial charge in [0.1, 0.15) is 5.01 Å². The van der Waals surface area contributed by atoms with Crippen LogP contribution in [-0.4, -0.2) is 71.2 Å². The number of aliphatic carboxylic acids is 1. The zero-order valence-electron chi connectivity index (χ0n) is 22.4. The smallest absolute Gasteiger partial charge is 0.303 e. The maximum Gasteiger partial charge on any atom is 0.303 e. The SMILES string of the molecule is C[C@@H]1CN([C@@H](c2ccc(-c3nnnn3CCCCC(=O)O)cc2)c2nccs2)[C@@H](C)CN1Cc1ccccc1. The maximum absolute atomic E-state index is 10.8. The van der Waals surface area contributed by atoms with Gasteiger partial charge in [-0.2, -0.15) is 0 Å². The Morgan fingerprint density at radius 2 is 1.85 bits per heavy atom. The van der Waals surface area contributed by atoms with Crippen molar-refractivity contribution in [1.29, 1.82) is 0 Å². The molecule has 0 saturated carbocycles. The lowest BCUT2D eigenvalue weighted by Crippen LogP contribution is -2.56. The summed E-state index contributed by atoms with van der Waals surface area (Å²) in [7, 11) is 0. The minimum absolute atomic E-state index is 0.0717. The molecule has 2 aromatic carbocycles. The van der Waals surface area contributed by atoms with Crippen LogP contribution in [0.15, 0.2) is 66.2 Å². The molecule has 204 valence electrons. The van der Waals surface area contributed by atoms with Crippen molar-refractivity contribution in [2.75, 3.05) is 13.1 Å². The summed E-state index contributed by atoms with van der Waals surface area (Å²) in [5.41, 5.74) is 3.49. The summed E-state index contributed by atoms with van der Waals surface area (Å²) in [6.45, 7) is 8.13. The fourth-order valence-corrected chi connectivity index (χ4v) is 6.17. The van der Waals surface area contributed by atoms with Crippen molar-refractivity contribution in [3.8, 4) is 11.4 Å². The first-order chi connectivity index (χ1) is 19.0. The van der Waals surface area contributed by atoms with Crippen LogP contribution in [0.3, 0.4) is 0 Å². The fourth-order valence-electron chi connectivity index (χ4n) is 5.38. The third-order valence-corrected chi connectivity index (χ3v) is 8.26. The average molecular weight is 546 g/mol. The van der Waals surface area contributed by atoms with E-state index < -0.39 is 5.97 Å². The molecule has 1 aliphatic rings. The van der Waals surface area contributed by atoms with E-state index in [2.05, 4.69) is 99.2 Å². The number of hydrogen-bond donors (Lipinski definition) is 1. The van der Waals surface area contributed by atoms with Gasteiger partial charge in [0.15, 0.2) is 5.82 Å². The summed E-state index contributed by atoms with van der Waals surface area (Å²) < 4.78 is 1.75. The molecular weight excluding hydrogens is 510 g/mol. The van der Waals surface area contributed by atoms with Crippen molar-refractivity contribution in [3.63, 3.8) is 0 Å². The first kappa shape index (κ1) is 27.1. The molecule has 5 rings (SSSR count). The molecule has 2 aromatic heterocycles. The number of carboxylic acid groups (broad SMARTS) is 1. The second-order valence-corrected chi connectivity index (χ2v) is 11.2. The Balaban J connectivity index is 1.33. The summed E-state index contributed by atoms with van der Waals surface area (Å²) in [5.74, 6) is -0.0853. The zero-order chi connectivity index (χ0) is 27.2. The molecule has 4 aromatic rings. The van der Waals surface area contributed by atoms with E-state index in [1.165, 1.54) is 11.1 Å². The molecular formula is C29H35N7O2S. The first-order valence-corrected chi connectivity index (χ1v) is 14.4. The van der Waals surface area contributed by atoms with Crippen LogP contribution in [0.2, 0.25) is 0 Å². The van der Waals surface area contributed by atoms with Gasteiger partial charge < -0.3 is 5.11 Å². The molecule has 1 N–H and O–H groups in total. The molecule has 0 bridgehead atoms. The van der Waals surface area contributed by atoms with Crippen LogP contribution in [0.5, 0.6) is 0 Å². The number of benzene rings is 2. The van der Waals surface area contributed by atoms with E-state index in [-0.39, 0.29) is 12.5 Å². The molecule has 3 atom stereocenters. The number of unbranched alkanes of at least 4 members (excludes halogenated alkanes) is 1. The van der Waals surface area contributed by atoms with E-state index in [0.717, 1.165) is 30.2 Å². The lowest BCUT2D eigenvalue weighted by molar-refractivity contribution is -0.137. The number of hydrogen-bond acceptors (Lipinski definition) is 8. The summed E-state index contributed by atoms with van der Waals surface area (Å²) in [6, 6.07) is 20.0. The van der Waals surface area contributed by atoms with E-state index in [4.69, 9.17) is 10.1 Å². The van der Waals surface area contributed by atoms with Gasteiger partial charge in [-0.15, -0.1) is 16.4 Å². The van der Waals surface area contributed by atoms with Gasteiger partial charge in [-0.1, -0.05) is 54.6 Å². The Hall–Kier alpha value is -3.47. The molecule has 9 nitrogen and oxygen atoms in total. The van der Waals surface area contributed by atoms with Crippen molar-refractivity contribution in [3.05, 3.63) is 82.3 Å². The minimum Gasteiger partial charge on any atom is -0.481 e. The largest absolute Gasteiger partial charge is 0.481 e. The zero-order valence-corrected chi connectivity index (χ0v) is 23.2. The lowest BCUT2D eigenvalue weighted by Gasteiger charge is -2.47. The van der Waals surface area contributed by atoms with Crippen LogP contribution in [0.25, 0.3) is 11.4 Å². The van der Waals surface area contributed by atoms with Crippen molar-refractivity contribution in [2.45, 2.75) is 64.3 Å². The Labute approximate surface area is 233 Å². The van der Waals surface area contributed by atoms with Gasteiger partial charge in [0.25, 0.3) is 0 Å². The molecule has 3 heterocycles. The average Bonchev–Trinajstić information content (AvgIpc) is 3.63. The number of aromatic nitrogens is 5. The monoisotopic (exact) mass is 545 g/mol. The van der Waals surface area contributed by atoms with Crippen molar-refractivity contribution in [2.24, 2.45) is 0 Å². The Morgan fingerprint density at radius 3 is 2.56 bits per heavy atom. The van der Waals surface area contributed by atoms with Gasteiger partial charge in [-0.3, -0.25) is 14.6 Å². The summed E-state index contributed by atoms with van der Waals surface area (Å²) in [6.07, 6.45) is 3.35. The van der Waals surface area contributed by atoms with Gasteiger partial charge in [0.05, 0.1) is 6.04 Å². The summed E-state index contributed by atoms with van der Waals surface area (Å²) in [4.78, 5) is 20.7. The second kappa shape index (κ2) is 12.6. The quantitative estimate of drug-likeness (QED) is 0.270. The molecule has 0 amide bonds. The van der Waals surface area contributed by atoms with Crippen molar-refractivity contribution < 1.29 is 9.90 Å². The Kier molecular flexibility index (Phi) is 8.75. The third-order valence-electron chi connectivity index (χ3n) is 7.44. The van der Waals surface area contributed by atoms with Gasteiger partial charge in [-0.05, 0) is 48.2 Å².